The lowest BCUT2D eigenvalue weighted by molar-refractivity contribution is -0.119. The summed E-state index contributed by atoms with van der Waals surface area (Å²) in [6.45, 7) is 7.49. The summed E-state index contributed by atoms with van der Waals surface area (Å²) in [7, 11) is 1.70. The number of thioether (sulfide) groups is 1. The number of carbonyl (C=O) groups excluding carboxylic acids is 1. The molecule has 0 saturated carbocycles. The van der Waals surface area contributed by atoms with Gasteiger partial charge in [-0.25, -0.2) is 9.97 Å². The average Bonchev–Trinajstić information content (AvgIpc) is 2.78. The van der Waals surface area contributed by atoms with Crippen LogP contribution >= 0.6 is 11.8 Å². The Balaban J connectivity index is 1.62. The lowest BCUT2D eigenvalue weighted by Crippen LogP contribution is -2.47. The van der Waals surface area contributed by atoms with E-state index in [0.717, 1.165) is 54.9 Å². The van der Waals surface area contributed by atoms with Crippen molar-refractivity contribution in [1.82, 2.24) is 15.3 Å². The van der Waals surface area contributed by atoms with Gasteiger partial charge in [0.25, 0.3) is 0 Å². The van der Waals surface area contributed by atoms with Gasteiger partial charge in [-0.05, 0) is 25.5 Å². The van der Waals surface area contributed by atoms with Gasteiger partial charge in [-0.2, -0.15) is 0 Å². The van der Waals surface area contributed by atoms with Crippen LogP contribution in [0.15, 0.2) is 41.7 Å². The second kappa shape index (κ2) is 10.3. The predicted molar refractivity (Wildman–Crippen MR) is 118 cm³/mol. The Hall–Kier alpha value is -2.48. The number of amides is 1. The molecule has 8 heteroatoms. The largest absolute Gasteiger partial charge is 0.495 e. The van der Waals surface area contributed by atoms with Crippen LogP contribution in [-0.2, 0) is 4.79 Å². The molecule has 156 valence electrons. The molecular weight excluding hydrogens is 386 g/mol. The molecule has 1 N–H and O–H groups in total. The molecular formula is C21H29N5O2S. The van der Waals surface area contributed by atoms with Crippen molar-refractivity contribution < 1.29 is 9.53 Å². The highest BCUT2D eigenvalue weighted by molar-refractivity contribution is 8.00. The van der Waals surface area contributed by atoms with Crippen LogP contribution in [-0.4, -0.2) is 61.0 Å². The molecule has 7 nitrogen and oxygen atoms in total. The highest BCUT2D eigenvalue weighted by Crippen LogP contribution is 2.31. The summed E-state index contributed by atoms with van der Waals surface area (Å²) in [5, 5.41) is 3.80. The standard InChI is InChI=1S/C21H29N5O2S/c1-4-16(2)24-19(27)15-29-21-20(22-9-10-23-21)26-13-11-25(12-14-26)17-7-5-6-8-18(17)28-3/h5-10,16H,4,11-15H2,1-3H3,(H,24,27). The number of para-hydroxylation sites is 2. The number of rotatable bonds is 8. The van der Waals surface area contributed by atoms with E-state index < -0.39 is 0 Å². The first kappa shape index (κ1) is 21.2. The highest BCUT2D eigenvalue weighted by atomic mass is 32.2. The van der Waals surface area contributed by atoms with Crippen molar-refractivity contribution in [3.8, 4) is 5.75 Å². The molecule has 3 rings (SSSR count). The number of nitrogens with one attached hydrogen (secondary N) is 1. The molecule has 0 aliphatic carbocycles. The zero-order valence-corrected chi connectivity index (χ0v) is 18.1. The zero-order chi connectivity index (χ0) is 20.6. The maximum atomic E-state index is 12.1. The van der Waals surface area contributed by atoms with Crippen LogP contribution in [0, 0.1) is 0 Å². The van der Waals surface area contributed by atoms with Crippen LogP contribution in [0.5, 0.6) is 5.75 Å². The molecule has 1 aromatic heterocycles. The number of benzene rings is 1. The first-order valence-corrected chi connectivity index (χ1v) is 11.0. The van der Waals surface area contributed by atoms with Gasteiger partial charge >= 0.3 is 0 Å². The fraction of sp³-hybridized carbons (Fsp3) is 0.476. The van der Waals surface area contributed by atoms with Crippen LogP contribution in [0.1, 0.15) is 20.3 Å². The summed E-state index contributed by atoms with van der Waals surface area (Å²) in [5.74, 6) is 2.12. The van der Waals surface area contributed by atoms with Crippen LogP contribution < -0.4 is 19.9 Å². The number of piperazine rings is 1. The van der Waals surface area contributed by atoms with Gasteiger partial charge in [0.15, 0.2) is 5.82 Å². The Bertz CT molecular complexity index is 811. The van der Waals surface area contributed by atoms with Gasteiger partial charge in [0.1, 0.15) is 10.8 Å². The topological polar surface area (TPSA) is 70.6 Å². The third kappa shape index (κ3) is 5.53. The summed E-state index contributed by atoms with van der Waals surface area (Å²) >= 11 is 1.44. The Kier molecular flexibility index (Phi) is 7.57. The van der Waals surface area contributed by atoms with Crippen molar-refractivity contribution >= 4 is 29.2 Å². The molecule has 1 aliphatic heterocycles. The van der Waals surface area contributed by atoms with Gasteiger partial charge in [0, 0.05) is 44.6 Å². The van der Waals surface area contributed by atoms with E-state index in [4.69, 9.17) is 4.74 Å². The quantitative estimate of drug-likeness (QED) is 0.665. The van der Waals surface area contributed by atoms with E-state index in [-0.39, 0.29) is 11.9 Å². The number of aromatic nitrogens is 2. The van der Waals surface area contributed by atoms with Gasteiger partial charge in [-0.15, -0.1) is 0 Å². The molecule has 29 heavy (non-hydrogen) atoms. The van der Waals surface area contributed by atoms with Crippen LogP contribution in [0.2, 0.25) is 0 Å². The normalized spacial score (nSPS) is 15.1. The maximum absolute atomic E-state index is 12.1. The van der Waals surface area contributed by atoms with E-state index in [1.54, 1.807) is 19.5 Å². The maximum Gasteiger partial charge on any atom is 0.230 e. The molecule has 2 heterocycles. The van der Waals surface area contributed by atoms with Crippen LogP contribution in [0.3, 0.4) is 0 Å². The minimum atomic E-state index is 0.0296. The van der Waals surface area contributed by atoms with E-state index in [1.807, 2.05) is 25.1 Å². The lowest BCUT2D eigenvalue weighted by atomic mass is 10.2. The summed E-state index contributed by atoms with van der Waals surface area (Å²) in [5.41, 5.74) is 1.12. The van der Waals surface area contributed by atoms with E-state index in [9.17, 15) is 4.79 Å². The van der Waals surface area contributed by atoms with E-state index in [1.165, 1.54) is 11.8 Å². The monoisotopic (exact) mass is 415 g/mol. The van der Waals surface area contributed by atoms with Crippen molar-refractivity contribution in [2.24, 2.45) is 0 Å². The average molecular weight is 416 g/mol. The zero-order valence-electron chi connectivity index (χ0n) is 17.3. The fourth-order valence-electron chi connectivity index (χ4n) is 3.24. The Morgan fingerprint density at radius 2 is 1.86 bits per heavy atom. The number of nitrogens with zero attached hydrogens (tertiary/aromatic N) is 4. The second-order valence-corrected chi connectivity index (χ2v) is 7.96. The minimum Gasteiger partial charge on any atom is -0.495 e. The summed E-state index contributed by atoms with van der Waals surface area (Å²) in [6.07, 6.45) is 4.32. The number of hydrogen-bond donors (Lipinski definition) is 1. The molecule has 2 aromatic rings. The number of hydrogen-bond acceptors (Lipinski definition) is 7. The van der Waals surface area contributed by atoms with Crippen molar-refractivity contribution in [2.45, 2.75) is 31.3 Å². The first-order chi connectivity index (χ1) is 14.1. The summed E-state index contributed by atoms with van der Waals surface area (Å²) < 4.78 is 5.50. The number of anilines is 2. The molecule has 0 bridgehead atoms. The predicted octanol–water partition coefficient (Wildman–Crippen LogP) is 2.82. The smallest absolute Gasteiger partial charge is 0.230 e. The number of ether oxygens (including phenoxy) is 1. The van der Waals surface area contributed by atoms with E-state index in [0.29, 0.717) is 5.75 Å². The Labute approximate surface area is 176 Å². The molecule has 1 fully saturated rings. The molecule has 1 aliphatic rings. The summed E-state index contributed by atoms with van der Waals surface area (Å²) in [6, 6.07) is 8.29. The number of methoxy groups -OCH3 is 1. The van der Waals surface area contributed by atoms with Crippen molar-refractivity contribution in [1.29, 1.82) is 0 Å². The molecule has 1 amide bonds. The van der Waals surface area contributed by atoms with Crippen LogP contribution in [0.25, 0.3) is 0 Å². The fourth-order valence-corrected chi connectivity index (χ4v) is 4.04. The molecule has 0 spiro atoms. The molecule has 1 unspecified atom stereocenters. The van der Waals surface area contributed by atoms with Gasteiger partial charge in [0.2, 0.25) is 5.91 Å². The molecule has 1 atom stereocenters. The van der Waals surface area contributed by atoms with Crippen molar-refractivity contribution in [3.05, 3.63) is 36.7 Å². The second-order valence-electron chi connectivity index (χ2n) is 7.00. The Morgan fingerprint density at radius 3 is 2.59 bits per heavy atom. The van der Waals surface area contributed by atoms with Gasteiger partial charge in [-0.1, -0.05) is 30.8 Å². The summed E-state index contributed by atoms with van der Waals surface area (Å²) in [4.78, 5) is 25.7. The number of carbonyl (C=O) groups is 1. The molecule has 1 saturated heterocycles. The van der Waals surface area contributed by atoms with Crippen LogP contribution in [0.4, 0.5) is 11.5 Å². The highest BCUT2D eigenvalue weighted by Gasteiger charge is 2.23. The lowest BCUT2D eigenvalue weighted by Gasteiger charge is -2.37. The van der Waals surface area contributed by atoms with Gasteiger partial charge < -0.3 is 19.9 Å². The van der Waals surface area contributed by atoms with E-state index in [2.05, 4.69) is 38.1 Å². The SMILES string of the molecule is CCC(C)NC(=O)CSc1nccnc1N1CCN(c2ccccc2OC)CC1. The first-order valence-electron chi connectivity index (χ1n) is 9.98. The third-order valence-corrected chi connectivity index (χ3v) is 5.98. The molecule has 0 radical (unpaired) electrons. The van der Waals surface area contributed by atoms with Gasteiger partial charge in [0.05, 0.1) is 18.6 Å². The minimum absolute atomic E-state index is 0.0296. The van der Waals surface area contributed by atoms with Crippen molar-refractivity contribution in [2.75, 3.05) is 48.8 Å². The van der Waals surface area contributed by atoms with Crippen molar-refractivity contribution in [3.63, 3.8) is 0 Å². The molecule has 1 aromatic carbocycles. The van der Waals surface area contributed by atoms with Gasteiger partial charge in [-0.3, -0.25) is 4.79 Å². The van der Waals surface area contributed by atoms with E-state index >= 15 is 0 Å². The Morgan fingerprint density at radius 1 is 1.17 bits per heavy atom. The third-order valence-electron chi connectivity index (χ3n) is 5.01.